The summed E-state index contributed by atoms with van der Waals surface area (Å²) >= 11 is 5.80. The Labute approximate surface area is 112 Å². The number of nitrogens with zero attached hydrogens (tertiary/aromatic N) is 1. The van der Waals surface area contributed by atoms with E-state index < -0.39 is 10.8 Å². The molecule has 2 rings (SSSR count). The van der Waals surface area contributed by atoms with Crippen molar-refractivity contribution in [2.45, 2.75) is 5.75 Å². The summed E-state index contributed by atoms with van der Waals surface area (Å²) in [4.78, 5) is 4.06. The number of rotatable bonds is 5. The Morgan fingerprint density at radius 3 is 2.72 bits per heavy atom. The summed E-state index contributed by atoms with van der Waals surface area (Å²) in [7, 11) is -1.15. The molecule has 1 aromatic carbocycles. The normalized spacial score (nSPS) is 12.6. The largest absolute Gasteiger partial charge is 0.440 e. The molecule has 4 nitrogen and oxygen atoms in total. The van der Waals surface area contributed by atoms with Gasteiger partial charge in [0.05, 0.1) is 12.8 Å². The molecule has 1 aromatic heterocycles. The van der Waals surface area contributed by atoms with Crippen molar-refractivity contribution in [2.24, 2.45) is 0 Å². The third-order valence-corrected chi connectivity index (χ3v) is 3.74. The Morgan fingerprint density at radius 1 is 1.33 bits per heavy atom. The lowest BCUT2D eigenvalue weighted by Crippen LogP contribution is -2.04. The maximum Gasteiger partial charge on any atom is 0.207 e. The summed E-state index contributed by atoms with van der Waals surface area (Å²) in [5, 5.41) is 9.32. The lowest BCUT2D eigenvalue weighted by atomic mass is 10.2. The molecule has 0 saturated carbocycles. The molecule has 1 heterocycles. The highest BCUT2D eigenvalue weighted by atomic mass is 35.5. The zero-order chi connectivity index (χ0) is 13.0. The fourth-order valence-electron chi connectivity index (χ4n) is 1.44. The van der Waals surface area contributed by atoms with Crippen LogP contribution in [0.3, 0.4) is 0 Å². The van der Waals surface area contributed by atoms with Gasteiger partial charge >= 0.3 is 0 Å². The SMILES string of the molecule is O=S(CCO)Cc1ncc(-c2ccc(Cl)cc2)o1. The van der Waals surface area contributed by atoms with Crippen molar-refractivity contribution in [3.63, 3.8) is 0 Å². The van der Waals surface area contributed by atoms with Crippen molar-refractivity contribution >= 4 is 22.4 Å². The number of benzene rings is 1. The first-order valence-electron chi connectivity index (χ1n) is 5.35. The molecule has 6 heteroatoms. The van der Waals surface area contributed by atoms with E-state index in [1.165, 1.54) is 0 Å². The van der Waals surface area contributed by atoms with Crippen molar-refractivity contribution in [2.75, 3.05) is 12.4 Å². The number of hydrogen-bond donors (Lipinski definition) is 1. The van der Waals surface area contributed by atoms with Gasteiger partial charge in [-0.15, -0.1) is 0 Å². The number of aromatic nitrogens is 1. The Hall–Kier alpha value is -1.17. The molecule has 0 fully saturated rings. The van der Waals surface area contributed by atoms with Gasteiger partial charge in [-0.1, -0.05) is 11.6 Å². The monoisotopic (exact) mass is 285 g/mol. The van der Waals surface area contributed by atoms with Gasteiger partial charge in [0.25, 0.3) is 0 Å². The molecule has 0 saturated heterocycles. The maximum atomic E-state index is 11.4. The summed E-state index contributed by atoms with van der Waals surface area (Å²) < 4.78 is 16.9. The van der Waals surface area contributed by atoms with E-state index in [9.17, 15) is 4.21 Å². The summed E-state index contributed by atoms with van der Waals surface area (Å²) in [6.07, 6.45) is 1.59. The van der Waals surface area contributed by atoms with Crippen LogP contribution in [0.4, 0.5) is 0 Å². The molecule has 0 amide bonds. The van der Waals surface area contributed by atoms with Crippen molar-refractivity contribution in [3.05, 3.63) is 41.4 Å². The minimum Gasteiger partial charge on any atom is -0.440 e. The molecule has 2 aromatic rings. The quantitative estimate of drug-likeness (QED) is 0.915. The minimum atomic E-state index is -1.15. The topological polar surface area (TPSA) is 63.3 Å². The van der Waals surface area contributed by atoms with Crippen LogP contribution in [0, 0.1) is 0 Å². The Balaban J connectivity index is 2.10. The van der Waals surface area contributed by atoms with E-state index in [2.05, 4.69) is 4.98 Å². The Kier molecular flexibility index (Phi) is 4.52. The number of halogens is 1. The van der Waals surface area contributed by atoms with Crippen molar-refractivity contribution < 1.29 is 13.7 Å². The van der Waals surface area contributed by atoms with Gasteiger partial charge in [0.15, 0.2) is 5.76 Å². The van der Waals surface area contributed by atoms with Crippen LogP contribution < -0.4 is 0 Å². The second kappa shape index (κ2) is 6.13. The van der Waals surface area contributed by atoms with Crippen LogP contribution in [0.2, 0.25) is 5.02 Å². The molecule has 1 unspecified atom stereocenters. The van der Waals surface area contributed by atoms with E-state index in [4.69, 9.17) is 21.1 Å². The Morgan fingerprint density at radius 2 is 2.06 bits per heavy atom. The fourth-order valence-corrected chi connectivity index (χ4v) is 2.32. The highest BCUT2D eigenvalue weighted by Gasteiger charge is 2.09. The average molecular weight is 286 g/mol. The van der Waals surface area contributed by atoms with Crippen LogP contribution >= 0.6 is 11.6 Å². The predicted octanol–water partition coefficient (Wildman–Crippen LogP) is 2.24. The first-order chi connectivity index (χ1) is 8.69. The third-order valence-electron chi connectivity index (χ3n) is 2.29. The number of oxazole rings is 1. The lowest BCUT2D eigenvalue weighted by Gasteiger charge is -1.97. The van der Waals surface area contributed by atoms with Crippen LogP contribution in [-0.4, -0.2) is 26.7 Å². The van der Waals surface area contributed by atoms with Gasteiger partial charge in [0.2, 0.25) is 5.89 Å². The smallest absolute Gasteiger partial charge is 0.207 e. The molecule has 0 aliphatic carbocycles. The first-order valence-corrected chi connectivity index (χ1v) is 7.22. The van der Waals surface area contributed by atoms with Crippen molar-refractivity contribution in [1.82, 2.24) is 4.98 Å². The molecule has 1 N–H and O–H groups in total. The first kappa shape index (κ1) is 13.3. The van der Waals surface area contributed by atoms with Gasteiger partial charge in [0.1, 0.15) is 5.75 Å². The van der Waals surface area contributed by atoms with Gasteiger partial charge < -0.3 is 9.52 Å². The molecular formula is C12H12ClNO3S. The number of hydrogen-bond acceptors (Lipinski definition) is 4. The zero-order valence-corrected chi connectivity index (χ0v) is 11.1. The molecule has 0 aliphatic rings. The van der Waals surface area contributed by atoms with Gasteiger partial charge in [-0.25, -0.2) is 4.98 Å². The molecule has 0 aliphatic heterocycles. The highest BCUT2D eigenvalue weighted by Crippen LogP contribution is 2.22. The molecule has 0 spiro atoms. The average Bonchev–Trinajstić information content (AvgIpc) is 2.78. The molecule has 0 bridgehead atoms. The highest BCUT2D eigenvalue weighted by molar-refractivity contribution is 7.84. The molecule has 96 valence electrons. The third kappa shape index (κ3) is 3.41. The lowest BCUT2D eigenvalue weighted by molar-refractivity contribution is 0.321. The second-order valence-electron chi connectivity index (χ2n) is 3.64. The van der Waals surface area contributed by atoms with Gasteiger partial charge in [-0.05, 0) is 24.3 Å². The molecule has 1 atom stereocenters. The van der Waals surface area contributed by atoms with Crippen LogP contribution in [0.15, 0.2) is 34.9 Å². The van der Waals surface area contributed by atoms with Gasteiger partial charge in [-0.3, -0.25) is 4.21 Å². The van der Waals surface area contributed by atoms with Crippen molar-refractivity contribution in [1.29, 1.82) is 0 Å². The predicted molar refractivity (Wildman–Crippen MR) is 70.7 cm³/mol. The number of aliphatic hydroxyl groups excluding tert-OH is 1. The van der Waals surface area contributed by atoms with E-state index in [0.29, 0.717) is 16.7 Å². The zero-order valence-electron chi connectivity index (χ0n) is 9.51. The van der Waals surface area contributed by atoms with Crippen LogP contribution in [0.5, 0.6) is 0 Å². The van der Waals surface area contributed by atoms with Crippen LogP contribution in [-0.2, 0) is 16.6 Å². The molecule has 0 radical (unpaired) electrons. The minimum absolute atomic E-state index is 0.0998. The van der Waals surface area contributed by atoms with Gasteiger partial charge in [-0.2, -0.15) is 0 Å². The molecular weight excluding hydrogens is 274 g/mol. The van der Waals surface area contributed by atoms with E-state index in [1.807, 2.05) is 12.1 Å². The molecule has 18 heavy (non-hydrogen) atoms. The Bertz CT molecular complexity index is 539. The number of aliphatic hydroxyl groups is 1. The van der Waals surface area contributed by atoms with E-state index in [0.717, 1.165) is 5.56 Å². The van der Waals surface area contributed by atoms with Crippen molar-refractivity contribution in [3.8, 4) is 11.3 Å². The standard InChI is InChI=1S/C12H12ClNO3S/c13-10-3-1-9(2-4-10)11-7-14-12(17-11)8-18(16)6-5-15/h1-4,7,15H,5-6,8H2. The fraction of sp³-hybridized carbons (Fsp3) is 0.250. The van der Waals surface area contributed by atoms with Crippen LogP contribution in [0.1, 0.15) is 5.89 Å². The van der Waals surface area contributed by atoms with E-state index >= 15 is 0 Å². The van der Waals surface area contributed by atoms with Crippen LogP contribution in [0.25, 0.3) is 11.3 Å². The van der Waals surface area contributed by atoms with Gasteiger partial charge in [0, 0.05) is 27.1 Å². The second-order valence-corrected chi connectivity index (χ2v) is 5.65. The maximum absolute atomic E-state index is 11.4. The summed E-state index contributed by atoms with van der Waals surface area (Å²) in [6.45, 7) is -0.0998. The summed E-state index contributed by atoms with van der Waals surface area (Å²) in [6, 6.07) is 7.20. The van der Waals surface area contributed by atoms with E-state index in [-0.39, 0.29) is 18.1 Å². The summed E-state index contributed by atoms with van der Waals surface area (Å²) in [5.74, 6) is 1.47. The van der Waals surface area contributed by atoms with E-state index in [1.54, 1.807) is 18.3 Å². The summed E-state index contributed by atoms with van der Waals surface area (Å²) in [5.41, 5.74) is 0.867.